The van der Waals surface area contributed by atoms with Crippen LogP contribution in [0.4, 0.5) is 0 Å². The van der Waals surface area contributed by atoms with Crippen molar-refractivity contribution in [1.82, 2.24) is 14.8 Å². The first-order chi connectivity index (χ1) is 14.1. The highest BCUT2D eigenvalue weighted by molar-refractivity contribution is 5.90. The number of carbonyl (C=O) groups is 1. The van der Waals surface area contributed by atoms with Crippen molar-refractivity contribution in [3.8, 4) is 5.69 Å². The molecule has 0 radical (unpaired) electrons. The summed E-state index contributed by atoms with van der Waals surface area (Å²) in [4.78, 5) is 17.1. The Balaban J connectivity index is 1.65. The molecule has 0 aliphatic carbocycles. The van der Waals surface area contributed by atoms with E-state index in [1.54, 1.807) is 23.3 Å². The molecule has 4 rings (SSSR count). The zero-order valence-corrected chi connectivity index (χ0v) is 16.3. The Morgan fingerprint density at radius 3 is 2.38 bits per heavy atom. The van der Waals surface area contributed by atoms with Gasteiger partial charge in [0.15, 0.2) is 6.10 Å². The maximum atomic E-state index is 13.0. The van der Waals surface area contributed by atoms with Gasteiger partial charge in [-0.3, -0.25) is 4.98 Å². The van der Waals surface area contributed by atoms with E-state index in [1.165, 1.54) is 0 Å². The quantitative estimate of drug-likeness (QED) is 0.463. The zero-order valence-electron chi connectivity index (χ0n) is 16.3. The minimum absolute atomic E-state index is 0.410. The van der Waals surface area contributed by atoms with Gasteiger partial charge >= 0.3 is 5.97 Å². The van der Waals surface area contributed by atoms with Crippen LogP contribution in [0.15, 0.2) is 85.3 Å². The summed E-state index contributed by atoms with van der Waals surface area (Å²) in [6, 6.07) is 21.4. The summed E-state index contributed by atoms with van der Waals surface area (Å²) in [5.74, 6) is -0.410. The van der Waals surface area contributed by atoms with E-state index in [0.29, 0.717) is 5.56 Å². The Hall–Kier alpha value is -3.73. The van der Waals surface area contributed by atoms with Gasteiger partial charge in [0, 0.05) is 18.0 Å². The van der Waals surface area contributed by atoms with Gasteiger partial charge in [-0.25, -0.2) is 9.48 Å². The Morgan fingerprint density at radius 2 is 1.66 bits per heavy atom. The summed E-state index contributed by atoms with van der Waals surface area (Å²) < 4.78 is 7.70. The lowest BCUT2D eigenvalue weighted by atomic mass is 10.0. The van der Waals surface area contributed by atoms with Gasteiger partial charge in [0.2, 0.25) is 0 Å². The summed E-state index contributed by atoms with van der Waals surface area (Å²) in [6.07, 6.45) is 4.43. The van der Waals surface area contributed by atoms with E-state index in [-0.39, 0.29) is 0 Å². The SMILES string of the molecule is Cc1cccc(-n2ncc(C(=O)O[C@@H](c3ccccc3)c3ccncc3)c2C)c1. The Morgan fingerprint density at radius 1 is 0.931 bits per heavy atom. The topological polar surface area (TPSA) is 57.0 Å². The highest BCUT2D eigenvalue weighted by atomic mass is 16.5. The number of benzene rings is 2. The van der Waals surface area contributed by atoms with Gasteiger partial charge in [-0.2, -0.15) is 5.10 Å². The van der Waals surface area contributed by atoms with Crippen molar-refractivity contribution in [2.75, 3.05) is 0 Å². The molecular formula is C24H21N3O2. The van der Waals surface area contributed by atoms with Crippen molar-refractivity contribution in [3.05, 3.63) is 113 Å². The molecule has 2 aromatic heterocycles. The molecule has 0 aliphatic heterocycles. The molecule has 0 amide bonds. The smallest absolute Gasteiger partial charge is 0.342 e. The molecule has 1 atom stereocenters. The highest BCUT2D eigenvalue weighted by Gasteiger charge is 2.23. The minimum atomic E-state index is -0.520. The van der Waals surface area contributed by atoms with E-state index in [1.807, 2.05) is 80.6 Å². The second-order valence-electron chi connectivity index (χ2n) is 6.87. The monoisotopic (exact) mass is 383 g/mol. The van der Waals surface area contributed by atoms with Crippen LogP contribution in [0.5, 0.6) is 0 Å². The van der Waals surface area contributed by atoms with Crippen molar-refractivity contribution in [1.29, 1.82) is 0 Å². The van der Waals surface area contributed by atoms with Gasteiger partial charge in [-0.05, 0) is 49.2 Å². The second kappa shape index (κ2) is 8.10. The van der Waals surface area contributed by atoms with Gasteiger partial charge in [0.1, 0.15) is 5.56 Å². The summed E-state index contributed by atoms with van der Waals surface area (Å²) in [5, 5.41) is 4.41. The van der Waals surface area contributed by atoms with Gasteiger partial charge in [-0.15, -0.1) is 0 Å². The molecule has 0 spiro atoms. The van der Waals surface area contributed by atoms with E-state index in [9.17, 15) is 4.79 Å². The fraction of sp³-hybridized carbons (Fsp3) is 0.125. The van der Waals surface area contributed by atoms with Crippen LogP contribution in [0.1, 0.15) is 38.8 Å². The average Bonchev–Trinajstić information content (AvgIpc) is 3.14. The van der Waals surface area contributed by atoms with Crippen molar-refractivity contribution in [3.63, 3.8) is 0 Å². The van der Waals surface area contributed by atoms with E-state index in [2.05, 4.69) is 10.1 Å². The number of pyridine rings is 1. The number of esters is 1. The van der Waals surface area contributed by atoms with Crippen LogP contribution in [-0.4, -0.2) is 20.7 Å². The van der Waals surface area contributed by atoms with Crippen LogP contribution >= 0.6 is 0 Å². The first-order valence-electron chi connectivity index (χ1n) is 9.41. The Bertz CT molecular complexity index is 1080. The summed E-state index contributed by atoms with van der Waals surface area (Å²) in [7, 11) is 0. The molecule has 29 heavy (non-hydrogen) atoms. The molecule has 144 valence electrons. The van der Waals surface area contributed by atoms with E-state index in [0.717, 1.165) is 28.1 Å². The number of rotatable bonds is 5. The molecule has 0 fully saturated rings. The van der Waals surface area contributed by atoms with E-state index >= 15 is 0 Å². The van der Waals surface area contributed by atoms with Crippen LogP contribution in [0.2, 0.25) is 0 Å². The molecule has 2 aromatic carbocycles. The minimum Gasteiger partial charge on any atom is -0.449 e. The summed E-state index contributed by atoms with van der Waals surface area (Å²) in [6.45, 7) is 3.90. The maximum Gasteiger partial charge on any atom is 0.342 e. The molecule has 4 aromatic rings. The number of hydrogen-bond acceptors (Lipinski definition) is 4. The lowest BCUT2D eigenvalue weighted by Gasteiger charge is -2.18. The maximum absolute atomic E-state index is 13.0. The number of nitrogens with zero attached hydrogens (tertiary/aromatic N) is 3. The summed E-state index contributed by atoms with van der Waals surface area (Å²) >= 11 is 0. The second-order valence-corrected chi connectivity index (χ2v) is 6.87. The molecule has 0 bridgehead atoms. The van der Waals surface area contributed by atoms with Crippen molar-refractivity contribution < 1.29 is 9.53 Å². The first-order valence-corrected chi connectivity index (χ1v) is 9.41. The predicted molar refractivity (Wildman–Crippen MR) is 111 cm³/mol. The van der Waals surface area contributed by atoms with Crippen LogP contribution in [0, 0.1) is 13.8 Å². The average molecular weight is 383 g/mol. The zero-order chi connectivity index (χ0) is 20.2. The number of carbonyl (C=O) groups excluding carboxylic acids is 1. The van der Waals surface area contributed by atoms with Crippen molar-refractivity contribution >= 4 is 5.97 Å². The van der Waals surface area contributed by atoms with Crippen LogP contribution in [-0.2, 0) is 4.74 Å². The Labute approximate surface area is 169 Å². The fourth-order valence-electron chi connectivity index (χ4n) is 3.30. The van der Waals surface area contributed by atoms with Gasteiger partial charge in [-0.1, -0.05) is 42.5 Å². The molecule has 2 heterocycles. The number of aryl methyl sites for hydroxylation is 1. The highest BCUT2D eigenvalue weighted by Crippen LogP contribution is 2.27. The lowest BCUT2D eigenvalue weighted by Crippen LogP contribution is -2.14. The molecule has 0 saturated carbocycles. The van der Waals surface area contributed by atoms with E-state index in [4.69, 9.17) is 4.74 Å². The molecule has 5 heteroatoms. The van der Waals surface area contributed by atoms with Crippen molar-refractivity contribution in [2.45, 2.75) is 20.0 Å². The number of ether oxygens (including phenoxy) is 1. The van der Waals surface area contributed by atoms with Gasteiger partial charge < -0.3 is 4.74 Å². The number of aromatic nitrogens is 3. The van der Waals surface area contributed by atoms with Crippen LogP contribution in [0.3, 0.4) is 0 Å². The Kier molecular flexibility index (Phi) is 5.20. The lowest BCUT2D eigenvalue weighted by molar-refractivity contribution is 0.0377. The van der Waals surface area contributed by atoms with Crippen LogP contribution < -0.4 is 0 Å². The standard InChI is InChI=1S/C24H21N3O2/c1-17-7-6-10-21(15-17)27-18(2)22(16-26-27)24(28)29-23(19-8-4-3-5-9-19)20-11-13-25-14-12-20/h3-16,23H,1-2H3/t23-/m0/s1. The third-order valence-corrected chi connectivity index (χ3v) is 4.81. The normalized spacial score (nSPS) is 11.8. The van der Waals surface area contributed by atoms with Gasteiger partial charge in [0.25, 0.3) is 0 Å². The molecule has 0 N–H and O–H groups in total. The van der Waals surface area contributed by atoms with Gasteiger partial charge in [0.05, 0.1) is 17.6 Å². The summed E-state index contributed by atoms with van der Waals surface area (Å²) in [5.41, 5.74) is 4.99. The molecule has 0 saturated heterocycles. The largest absolute Gasteiger partial charge is 0.449 e. The predicted octanol–water partition coefficient (Wildman–Crippen LogP) is 4.83. The third-order valence-electron chi connectivity index (χ3n) is 4.81. The molecule has 0 aliphatic rings. The van der Waals surface area contributed by atoms with Crippen LogP contribution in [0.25, 0.3) is 5.69 Å². The molecule has 5 nitrogen and oxygen atoms in total. The van der Waals surface area contributed by atoms with E-state index < -0.39 is 12.1 Å². The molecular weight excluding hydrogens is 362 g/mol. The first kappa shape index (κ1) is 18.6. The third kappa shape index (κ3) is 3.94. The number of hydrogen-bond donors (Lipinski definition) is 0. The fourth-order valence-corrected chi connectivity index (χ4v) is 3.30. The molecule has 0 unspecified atom stereocenters. The van der Waals surface area contributed by atoms with Crippen molar-refractivity contribution in [2.24, 2.45) is 0 Å².